The summed E-state index contributed by atoms with van der Waals surface area (Å²) in [6.45, 7) is 0.418. The standard InChI is InChI=1S/C15H16F2N2/c1-19(14-8-3-2-6-12(14)16)15-11(9-10-18)5-4-7-13(15)17/h2-8H,9-10,18H2,1H3. The van der Waals surface area contributed by atoms with Crippen molar-refractivity contribution in [1.29, 1.82) is 0 Å². The summed E-state index contributed by atoms with van der Waals surface area (Å²) in [4.78, 5) is 1.52. The number of halogens is 2. The molecular weight excluding hydrogens is 246 g/mol. The summed E-state index contributed by atoms with van der Waals surface area (Å²) in [6, 6.07) is 11.1. The van der Waals surface area contributed by atoms with Crippen molar-refractivity contribution in [3.8, 4) is 0 Å². The van der Waals surface area contributed by atoms with Gasteiger partial charge in [-0.25, -0.2) is 8.78 Å². The molecule has 2 aromatic rings. The minimum atomic E-state index is -0.382. The number of para-hydroxylation sites is 2. The summed E-state index contributed by atoms with van der Waals surface area (Å²) in [5, 5.41) is 0. The summed E-state index contributed by atoms with van der Waals surface area (Å²) >= 11 is 0. The first-order valence-electron chi connectivity index (χ1n) is 6.11. The van der Waals surface area contributed by atoms with Crippen LogP contribution in [0, 0.1) is 11.6 Å². The Hall–Kier alpha value is -1.94. The average Bonchev–Trinajstić information content (AvgIpc) is 2.39. The Bertz CT molecular complexity index is 570. The molecule has 0 bridgehead atoms. The zero-order valence-electron chi connectivity index (χ0n) is 10.7. The van der Waals surface area contributed by atoms with Crippen molar-refractivity contribution in [2.24, 2.45) is 5.73 Å². The van der Waals surface area contributed by atoms with Crippen molar-refractivity contribution >= 4 is 11.4 Å². The maximum Gasteiger partial charge on any atom is 0.147 e. The number of anilines is 2. The van der Waals surface area contributed by atoms with Gasteiger partial charge in [-0.05, 0) is 36.7 Å². The molecule has 2 rings (SSSR count). The Morgan fingerprint density at radius 1 is 1.00 bits per heavy atom. The van der Waals surface area contributed by atoms with Gasteiger partial charge in [-0.2, -0.15) is 0 Å². The number of benzene rings is 2. The Morgan fingerprint density at radius 3 is 2.37 bits per heavy atom. The Labute approximate surface area is 111 Å². The van der Waals surface area contributed by atoms with Crippen LogP contribution in [-0.4, -0.2) is 13.6 Å². The summed E-state index contributed by atoms with van der Waals surface area (Å²) < 4.78 is 27.8. The summed E-state index contributed by atoms with van der Waals surface area (Å²) in [7, 11) is 1.65. The lowest BCUT2D eigenvalue weighted by Gasteiger charge is -2.23. The molecule has 0 radical (unpaired) electrons. The van der Waals surface area contributed by atoms with Gasteiger partial charge in [0.2, 0.25) is 0 Å². The van der Waals surface area contributed by atoms with Crippen LogP contribution in [0.15, 0.2) is 42.5 Å². The van der Waals surface area contributed by atoms with Crippen LogP contribution in [0.4, 0.5) is 20.2 Å². The zero-order valence-corrected chi connectivity index (χ0v) is 10.7. The molecular formula is C15H16F2N2. The zero-order chi connectivity index (χ0) is 13.8. The van der Waals surface area contributed by atoms with Gasteiger partial charge in [-0.1, -0.05) is 24.3 Å². The van der Waals surface area contributed by atoms with E-state index in [0.29, 0.717) is 24.3 Å². The van der Waals surface area contributed by atoms with E-state index in [4.69, 9.17) is 5.73 Å². The van der Waals surface area contributed by atoms with Gasteiger partial charge in [0.25, 0.3) is 0 Å². The molecule has 0 amide bonds. The monoisotopic (exact) mass is 262 g/mol. The smallest absolute Gasteiger partial charge is 0.147 e. The fraction of sp³-hybridized carbons (Fsp3) is 0.200. The lowest BCUT2D eigenvalue weighted by molar-refractivity contribution is 0.615. The van der Waals surface area contributed by atoms with Crippen molar-refractivity contribution < 1.29 is 8.78 Å². The fourth-order valence-corrected chi connectivity index (χ4v) is 2.14. The van der Waals surface area contributed by atoms with E-state index in [9.17, 15) is 8.78 Å². The second-order valence-electron chi connectivity index (χ2n) is 4.30. The van der Waals surface area contributed by atoms with Crippen molar-refractivity contribution in [1.82, 2.24) is 0 Å². The van der Waals surface area contributed by atoms with E-state index in [1.165, 1.54) is 17.0 Å². The highest BCUT2D eigenvalue weighted by Gasteiger charge is 2.16. The number of nitrogens with zero attached hydrogens (tertiary/aromatic N) is 1. The summed E-state index contributed by atoms with van der Waals surface area (Å²) in [6.07, 6.45) is 0.548. The van der Waals surface area contributed by atoms with E-state index in [1.807, 2.05) is 6.07 Å². The summed E-state index contributed by atoms with van der Waals surface area (Å²) in [5.74, 6) is -0.761. The topological polar surface area (TPSA) is 29.3 Å². The van der Waals surface area contributed by atoms with E-state index in [-0.39, 0.29) is 11.6 Å². The highest BCUT2D eigenvalue weighted by atomic mass is 19.1. The molecule has 0 saturated heterocycles. The molecule has 0 aliphatic heterocycles. The SMILES string of the molecule is CN(c1ccccc1F)c1c(F)cccc1CCN. The first kappa shape index (κ1) is 13.5. The van der Waals surface area contributed by atoms with Crippen LogP contribution < -0.4 is 10.6 Å². The molecule has 0 atom stereocenters. The van der Waals surface area contributed by atoms with Crippen LogP contribution in [0.5, 0.6) is 0 Å². The second-order valence-corrected chi connectivity index (χ2v) is 4.30. The van der Waals surface area contributed by atoms with Crippen molar-refractivity contribution in [3.05, 3.63) is 59.7 Å². The molecule has 100 valence electrons. The molecule has 2 nitrogen and oxygen atoms in total. The van der Waals surface area contributed by atoms with E-state index >= 15 is 0 Å². The van der Waals surface area contributed by atoms with Crippen molar-refractivity contribution in [3.63, 3.8) is 0 Å². The van der Waals surface area contributed by atoms with E-state index in [2.05, 4.69) is 0 Å². The number of nitrogens with two attached hydrogens (primary N) is 1. The van der Waals surface area contributed by atoms with Crippen LogP contribution in [0.25, 0.3) is 0 Å². The maximum atomic E-state index is 14.0. The van der Waals surface area contributed by atoms with E-state index < -0.39 is 0 Å². The van der Waals surface area contributed by atoms with Crippen molar-refractivity contribution in [2.45, 2.75) is 6.42 Å². The van der Waals surface area contributed by atoms with Gasteiger partial charge in [0.05, 0.1) is 11.4 Å². The number of hydrogen-bond donors (Lipinski definition) is 1. The first-order chi connectivity index (χ1) is 9.15. The predicted octanol–water partition coefficient (Wildman–Crippen LogP) is 3.23. The maximum absolute atomic E-state index is 14.0. The molecule has 0 aliphatic rings. The van der Waals surface area contributed by atoms with Gasteiger partial charge in [0.15, 0.2) is 0 Å². The molecule has 0 saturated carbocycles. The minimum absolute atomic E-state index is 0.339. The van der Waals surface area contributed by atoms with Crippen LogP contribution in [0.3, 0.4) is 0 Å². The van der Waals surface area contributed by atoms with Crippen molar-refractivity contribution in [2.75, 3.05) is 18.5 Å². The third-order valence-corrected chi connectivity index (χ3v) is 3.03. The van der Waals surface area contributed by atoms with Gasteiger partial charge in [-0.3, -0.25) is 0 Å². The second kappa shape index (κ2) is 5.80. The quantitative estimate of drug-likeness (QED) is 0.916. The molecule has 0 fully saturated rings. The van der Waals surface area contributed by atoms with E-state index in [1.54, 1.807) is 31.3 Å². The molecule has 0 aromatic heterocycles. The number of hydrogen-bond acceptors (Lipinski definition) is 2. The van der Waals surface area contributed by atoms with Crippen LogP contribution in [-0.2, 0) is 6.42 Å². The molecule has 4 heteroatoms. The third-order valence-electron chi connectivity index (χ3n) is 3.03. The van der Waals surface area contributed by atoms with Gasteiger partial charge < -0.3 is 10.6 Å². The van der Waals surface area contributed by atoms with Crippen LogP contribution in [0.2, 0.25) is 0 Å². The molecule has 19 heavy (non-hydrogen) atoms. The van der Waals surface area contributed by atoms with Gasteiger partial charge in [-0.15, -0.1) is 0 Å². The molecule has 2 aromatic carbocycles. The molecule has 0 aliphatic carbocycles. The highest BCUT2D eigenvalue weighted by Crippen LogP contribution is 2.31. The Morgan fingerprint density at radius 2 is 1.68 bits per heavy atom. The molecule has 0 heterocycles. The molecule has 2 N–H and O–H groups in total. The van der Waals surface area contributed by atoms with Gasteiger partial charge in [0.1, 0.15) is 11.6 Å². The van der Waals surface area contributed by atoms with Crippen LogP contribution >= 0.6 is 0 Å². The number of rotatable bonds is 4. The van der Waals surface area contributed by atoms with E-state index in [0.717, 1.165) is 5.56 Å². The molecule has 0 unspecified atom stereocenters. The predicted molar refractivity (Wildman–Crippen MR) is 73.6 cm³/mol. The Kier molecular flexibility index (Phi) is 4.12. The average molecular weight is 262 g/mol. The summed E-state index contributed by atoms with van der Waals surface area (Å²) in [5.41, 5.74) is 7.02. The first-order valence-corrected chi connectivity index (χ1v) is 6.11. The third kappa shape index (κ3) is 2.74. The minimum Gasteiger partial charge on any atom is -0.340 e. The molecule has 0 spiro atoms. The normalized spacial score (nSPS) is 10.5. The highest BCUT2D eigenvalue weighted by molar-refractivity contribution is 5.66. The van der Waals surface area contributed by atoms with Crippen LogP contribution in [0.1, 0.15) is 5.56 Å². The fourth-order valence-electron chi connectivity index (χ4n) is 2.14. The Balaban J connectivity index is 2.49. The lowest BCUT2D eigenvalue weighted by Crippen LogP contribution is -2.16. The van der Waals surface area contributed by atoms with Gasteiger partial charge in [0, 0.05) is 7.05 Å². The largest absolute Gasteiger partial charge is 0.340 e. The lowest BCUT2D eigenvalue weighted by atomic mass is 10.1. The van der Waals surface area contributed by atoms with Gasteiger partial charge >= 0.3 is 0 Å².